The highest BCUT2D eigenvalue weighted by Gasteiger charge is 2.15. The second-order valence-corrected chi connectivity index (χ2v) is 9.95. The zero-order chi connectivity index (χ0) is 28.2. The number of carbonyl (C=O) groups is 1. The van der Waals surface area contributed by atoms with Crippen molar-refractivity contribution in [3.05, 3.63) is 47.2 Å². The van der Waals surface area contributed by atoms with E-state index < -0.39 is 6.09 Å². The number of rotatable bonds is 20. The van der Waals surface area contributed by atoms with Crippen molar-refractivity contribution in [3.63, 3.8) is 0 Å². The number of amides is 1. The Kier molecular flexibility index (Phi) is 18.5. The highest BCUT2D eigenvalue weighted by molar-refractivity contribution is 5.78. The van der Waals surface area contributed by atoms with Crippen LogP contribution in [0.2, 0.25) is 0 Å². The third kappa shape index (κ3) is 14.7. The lowest BCUT2D eigenvalue weighted by Gasteiger charge is -2.21. The van der Waals surface area contributed by atoms with Crippen molar-refractivity contribution in [2.24, 2.45) is 0 Å². The molecule has 0 aliphatic heterocycles. The van der Waals surface area contributed by atoms with Crippen molar-refractivity contribution in [2.45, 2.75) is 66.7 Å². The highest BCUT2D eigenvalue weighted by atomic mass is 16.6. The van der Waals surface area contributed by atoms with Crippen molar-refractivity contribution in [1.82, 2.24) is 15.1 Å². The molecule has 1 amide bonds. The molecular weight excluding hydrogens is 478 g/mol. The molecule has 7 heteroatoms. The number of nitrogens with one attached hydrogen (secondary N) is 1. The van der Waals surface area contributed by atoms with Gasteiger partial charge in [0.05, 0.1) is 26.4 Å². The van der Waals surface area contributed by atoms with Gasteiger partial charge in [0.25, 0.3) is 0 Å². The topological polar surface area (TPSA) is 63.3 Å². The van der Waals surface area contributed by atoms with Crippen molar-refractivity contribution in [3.8, 4) is 5.75 Å². The van der Waals surface area contributed by atoms with E-state index in [0.717, 1.165) is 55.9 Å². The first-order chi connectivity index (χ1) is 18.3. The Morgan fingerprint density at radius 2 is 1.74 bits per heavy atom. The van der Waals surface area contributed by atoms with Gasteiger partial charge in [0, 0.05) is 24.4 Å². The fourth-order valence-corrected chi connectivity index (χ4v) is 4.15. The van der Waals surface area contributed by atoms with E-state index in [1.807, 2.05) is 45.0 Å². The summed E-state index contributed by atoms with van der Waals surface area (Å²) in [6.07, 6.45) is 9.27. The Morgan fingerprint density at radius 1 is 0.974 bits per heavy atom. The standard InChI is InChI=1S/C31H53N3O4/c1-8-11-12-19-34(18-9-2)21-23-37-25-24-36-22-17-27(5)32-31(35)38-29-15-13-14-26(4)30(29)28(10-3)16-20-33(6)7/h10,13-15,17H,8-9,11-12,16,18-25H2,1-7H3,(H,32,35)/b27-17+,28-10-. The van der Waals surface area contributed by atoms with E-state index in [1.54, 1.807) is 0 Å². The van der Waals surface area contributed by atoms with Crippen LogP contribution >= 0.6 is 0 Å². The van der Waals surface area contributed by atoms with Gasteiger partial charge in [-0.2, -0.15) is 0 Å². The molecule has 0 aliphatic rings. The molecular formula is C31H53N3O4. The van der Waals surface area contributed by atoms with Crippen molar-refractivity contribution in [1.29, 1.82) is 0 Å². The largest absolute Gasteiger partial charge is 0.416 e. The normalized spacial score (nSPS) is 12.4. The van der Waals surface area contributed by atoms with Crippen molar-refractivity contribution in [2.75, 3.05) is 66.7 Å². The zero-order valence-corrected chi connectivity index (χ0v) is 25.1. The predicted molar refractivity (Wildman–Crippen MR) is 159 cm³/mol. The molecule has 0 unspecified atom stereocenters. The first kappa shape index (κ1) is 33.8. The molecule has 0 aromatic heterocycles. The molecule has 0 spiro atoms. The first-order valence-corrected chi connectivity index (χ1v) is 14.3. The molecule has 1 aromatic rings. The number of unbranched alkanes of at least 4 members (excludes halogenated alkanes) is 2. The average molecular weight is 532 g/mol. The Labute approximate surface area is 232 Å². The molecule has 1 rings (SSSR count). The molecule has 0 fully saturated rings. The molecule has 1 aromatic carbocycles. The van der Waals surface area contributed by atoms with Gasteiger partial charge in [-0.25, -0.2) is 4.79 Å². The van der Waals surface area contributed by atoms with E-state index in [2.05, 4.69) is 49.1 Å². The Hall–Kier alpha value is -2.19. The van der Waals surface area contributed by atoms with Gasteiger partial charge in [-0.1, -0.05) is 44.9 Å². The summed E-state index contributed by atoms with van der Waals surface area (Å²) in [5.41, 5.74) is 3.92. The van der Waals surface area contributed by atoms with Crippen LogP contribution < -0.4 is 10.1 Å². The number of aryl methyl sites for hydroxylation is 1. The molecule has 38 heavy (non-hydrogen) atoms. The first-order valence-electron chi connectivity index (χ1n) is 14.3. The van der Waals surface area contributed by atoms with E-state index in [-0.39, 0.29) is 0 Å². The molecule has 1 N–H and O–H groups in total. The SMILES string of the molecule is C/C=C(/CCN(C)C)c1c(C)cccc1OC(=O)N/C(C)=C/COCCOCCN(CCC)CCCCC. The maximum Gasteiger partial charge on any atom is 0.416 e. The van der Waals surface area contributed by atoms with Crippen LogP contribution in [-0.4, -0.2) is 82.6 Å². The van der Waals surface area contributed by atoms with Crippen LogP contribution in [0.1, 0.15) is 70.9 Å². The van der Waals surface area contributed by atoms with Crippen molar-refractivity contribution < 1.29 is 19.0 Å². The third-order valence-electron chi connectivity index (χ3n) is 6.28. The summed E-state index contributed by atoms with van der Waals surface area (Å²) in [5.74, 6) is 0.568. The lowest BCUT2D eigenvalue weighted by Crippen LogP contribution is -2.30. The fraction of sp³-hybridized carbons (Fsp3) is 0.645. The van der Waals surface area contributed by atoms with Gasteiger partial charge in [0.15, 0.2) is 0 Å². The van der Waals surface area contributed by atoms with Gasteiger partial charge in [-0.3, -0.25) is 5.32 Å². The minimum Gasteiger partial charge on any atom is -0.409 e. The van der Waals surface area contributed by atoms with Gasteiger partial charge in [0.1, 0.15) is 5.75 Å². The Morgan fingerprint density at radius 3 is 2.42 bits per heavy atom. The summed E-state index contributed by atoms with van der Waals surface area (Å²) in [6.45, 7) is 16.7. The molecule has 0 aliphatic carbocycles. The van der Waals surface area contributed by atoms with E-state index in [4.69, 9.17) is 14.2 Å². The third-order valence-corrected chi connectivity index (χ3v) is 6.28. The van der Waals surface area contributed by atoms with Crippen molar-refractivity contribution >= 4 is 11.7 Å². The van der Waals surface area contributed by atoms with Crippen LogP contribution in [0.3, 0.4) is 0 Å². The molecule has 7 nitrogen and oxygen atoms in total. The quantitative estimate of drug-likeness (QED) is 0.200. The van der Waals surface area contributed by atoms with Crippen LogP contribution in [0.4, 0.5) is 4.79 Å². The predicted octanol–water partition coefficient (Wildman–Crippen LogP) is 6.28. The lowest BCUT2D eigenvalue weighted by atomic mass is 9.96. The number of allylic oxidation sites excluding steroid dienone is 2. The fourth-order valence-electron chi connectivity index (χ4n) is 4.15. The highest BCUT2D eigenvalue weighted by Crippen LogP contribution is 2.31. The summed E-state index contributed by atoms with van der Waals surface area (Å²) < 4.78 is 17.1. The van der Waals surface area contributed by atoms with Crippen LogP contribution in [0.15, 0.2) is 36.0 Å². The van der Waals surface area contributed by atoms with Gasteiger partial charge < -0.3 is 24.0 Å². The smallest absolute Gasteiger partial charge is 0.409 e. The number of nitrogens with zero attached hydrogens (tertiary/aromatic N) is 2. The summed E-state index contributed by atoms with van der Waals surface area (Å²) in [4.78, 5) is 17.2. The van der Waals surface area contributed by atoms with Gasteiger partial charge in [0.2, 0.25) is 0 Å². The number of ether oxygens (including phenoxy) is 3. The molecule has 0 bridgehead atoms. The van der Waals surface area contributed by atoms with Crippen LogP contribution in [0.5, 0.6) is 5.75 Å². The number of carbonyl (C=O) groups excluding carboxylic acids is 1. The van der Waals surface area contributed by atoms with Crippen LogP contribution in [0, 0.1) is 6.92 Å². The van der Waals surface area contributed by atoms with E-state index in [9.17, 15) is 4.79 Å². The Balaban J connectivity index is 2.41. The molecule has 0 radical (unpaired) electrons. The summed E-state index contributed by atoms with van der Waals surface area (Å²) in [6, 6.07) is 5.79. The summed E-state index contributed by atoms with van der Waals surface area (Å²) in [7, 11) is 4.11. The van der Waals surface area contributed by atoms with Gasteiger partial charge in [-0.15, -0.1) is 0 Å². The molecule has 0 heterocycles. The minimum atomic E-state index is -0.507. The number of hydrogen-bond acceptors (Lipinski definition) is 6. The monoisotopic (exact) mass is 531 g/mol. The van der Waals surface area contributed by atoms with E-state index in [0.29, 0.717) is 31.3 Å². The lowest BCUT2D eigenvalue weighted by molar-refractivity contribution is 0.0469. The maximum absolute atomic E-state index is 12.6. The average Bonchev–Trinajstić information content (AvgIpc) is 2.87. The van der Waals surface area contributed by atoms with Crippen LogP contribution in [-0.2, 0) is 9.47 Å². The van der Waals surface area contributed by atoms with Crippen LogP contribution in [0.25, 0.3) is 5.57 Å². The molecule has 216 valence electrons. The van der Waals surface area contributed by atoms with E-state index in [1.165, 1.54) is 25.7 Å². The summed E-state index contributed by atoms with van der Waals surface area (Å²) in [5, 5.41) is 2.79. The molecule has 0 atom stereocenters. The zero-order valence-electron chi connectivity index (χ0n) is 25.1. The van der Waals surface area contributed by atoms with Gasteiger partial charge >= 0.3 is 6.09 Å². The second-order valence-electron chi connectivity index (χ2n) is 9.95. The molecule has 0 saturated carbocycles. The number of benzene rings is 1. The Bertz CT molecular complexity index is 852. The minimum absolute atomic E-state index is 0.400. The maximum atomic E-state index is 12.6. The van der Waals surface area contributed by atoms with E-state index >= 15 is 0 Å². The van der Waals surface area contributed by atoms with Gasteiger partial charge in [-0.05, 0) is 90.5 Å². The molecule has 0 saturated heterocycles. The summed E-state index contributed by atoms with van der Waals surface area (Å²) >= 11 is 0. The number of hydrogen-bond donors (Lipinski definition) is 1. The second kappa shape index (κ2) is 20.7.